The van der Waals surface area contributed by atoms with E-state index in [0.717, 1.165) is 11.1 Å². The van der Waals surface area contributed by atoms with Crippen molar-refractivity contribution in [1.29, 1.82) is 0 Å². The number of halogens is 1. The Morgan fingerprint density at radius 1 is 1.31 bits per heavy atom. The fraction of sp³-hybridized carbons (Fsp3) is 0. The minimum absolute atomic E-state index is 0.0846. The van der Waals surface area contributed by atoms with E-state index >= 15 is 0 Å². The fourth-order valence-electron chi connectivity index (χ4n) is 1.25. The number of benzene rings is 1. The van der Waals surface area contributed by atoms with E-state index in [9.17, 15) is 4.79 Å². The van der Waals surface area contributed by atoms with Crippen LogP contribution in [0.2, 0.25) is 0 Å². The van der Waals surface area contributed by atoms with Crippen LogP contribution in [0.15, 0.2) is 35.3 Å². The van der Waals surface area contributed by atoms with Crippen molar-refractivity contribution in [2.75, 3.05) is 4.84 Å². The molecular formula is C9H7ClN2O. The summed E-state index contributed by atoms with van der Waals surface area (Å²) in [5, 5.41) is 1.53. The Morgan fingerprint density at radius 2 is 2.15 bits per heavy atom. The van der Waals surface area contributed by atoms with Crippen molar-refractivity contribution >= 4 is 28.2 Å². The number of pyridine rings is 1. The lowest BCUT2D eigenvalue weighted by Gasteiger charge is -1.99. The van der Waals surface area contributed by atoms with Gasteiger partial charge in [-0.2, -0.15) is 0 Å². The molecule has 1 aromatic heterocycles. The van der Waals surface area contributed by atoms with Crippen LogP contribution in [-0.2, 0) is 0 Å². The molecule has 0 amide bonds. The number of rotatable bonds is 1. The lowest BCUT2D eigenvalue weighted by molar-refractivity contribution is 1.28. The molecule has 0 atom stereocenters. The SMILES string of the molecule is O=c1[nH]ccc2cc(NCl)ccc12. The minimum Gasteiger partial charge on any atom is -0.329 e. The van der Waals surface area contributed by atoms with Gasteiger partial charge in [0.05, 0.1) is 0 Å². The molecule has 0 saturated heterocycles. The molecule has 0 spiro atoms. The van der Waals surface area contributed by atoms with E-state index in [2.05, 4.69) is 9.82 Å². The molecule has 0 fully saturated rings. The highest BCUT2D eigenvalue weighted by molar-refractivity contribution is 6.24. The van der Waals surface area contributed by atoms with E-state index in [1.807, 2.05) is 12.1 Å². The molecule has 1 aromatic carbocycles. The maximum atomic E-state index is 11.3. The Morgan fingerprint density at radius 3 is 2.92 bits per heavy atom. The van der Waals surface area contributed by atoms with Gasteiger partial charge < -0.3 is 4.98 Å². The smallest absolute Gasteiger partial charge is 0.255 e. The van der Waals surface area contributed by atoms with E-state index in [1.54, 1.807) is 18.3 Å². The number of nitrogens with one attached hydrogen (secondary N) is 2. The summed E-state index contributed by atoms with van der Waals surface area (Å²) >= 11 is 5.43. The molecule has 2 aromatic rings. The number of H-pyrrole nitrogens is 1. The second-order valence-corrected chi connectivity index (χ2v) is 2.89. The van der Waals surface area contributed by atoms with Gasteiger partial charge in [-0.15, -0.1) is 0 Å². The molecule has 0 unspecified atom stereocenters. The maximum Gasteiger partial charge on any atom is 0.255 e. The molecule has 3 nitrogen and oxygen atoms in total. The first-order valence-corrected chi connectivity index (χ1v) is 4.17. The summed E-state index contributed by atoms with van der Waals surface area (Å²) in [5.74, 6) is 0. The predicted molar refractivity (Wildman–Crippen MR) is 54.0 cm³/mol. The van der Waals surface area contributed by atoms with Gasteiger partial charge in [-0.3, -0.25) is 9.63 Å². The normalized spacial score (nSPS) is 10.2. The number of hydrogen-bond acceptors (Lipinski definition) is 2. The van der Waals surface area contributed by atoms with E-state index in [1.165, 1.54) is 0 Å². The van der Waals surface area contributed by atoms with Crippen molar-refractivity contribution in [2.24, 2.45) is 0 Å². The van der Waals surface area contributed by atoms with Crippen LogP contribution < -0.4 is 10.4 Å². The van der Waals surface area contributed by atoms with Gasteiger partial charge in [-0.05, 0) is 29.7 Å². The van der Waals surface area contributed by atoms with Crippen LogP contribution in [0.4, 0.5) is 5.69 Å². The van der Waals surface area contributed by atoms with Crippen LogP contribution in [0.3, 0.4) is 0 Å². The van der Waals surface area contributed by atoms with Gasteiger partial charge in [0.1, 0.15) is 0 Å². The van der Waals surface area contributed by atoms with Crippen molar-refractivity contribution in [2.45, 2.75) is 0 Å². The summed E-state index contributed by atoms with van der Waals surface area (Å²) in [7, 11) is 0. The van der Waals surface area contributed by atoms with Crippen molar-refractivity contribution in [3.05, 3.63) is 40.8 Å². The van der Waals surface area contributed by atoms with Gasteiger partial charge >= 0.3 is 0 Å². The lowest BCUT2D eigenvalue weighted by atomic mass is 10.1. The van der Waals surface area contributed by atoms with E-state index in [-0.39, 0.29) is 5.56 Å². The van der Waals surface area contributed by atoms with Gasteiger partial charge in [0, 0.05) is 29.0 Å². The van der Waals surface area contributed by atoms with Crippen LogP contribution in [0.5, 0.6) is 0 Å². The van der Waals surface area contributed by atoms with Crippen LogP contribution in [-0.4, -0.2) is 4.98 Å². The average Bonchev–Trinajstić information content (AvgIpc) is 2.18. The summed E-state index contributed by atoms with van der Waals surface area (Å²) in [6.45, 7) is 0. The Kier molecular flexibility index (Phi) is 1.94. The average molecular weight is 195 g/mol. The quantitative estimate of drug-likeness (QED) is 0.683. The summed E-state index contributed by atoms with van der Waals surface area (Å²) < 4.78 is 0. The minimum atomic E-state index is -0.0846. The molecule has 2 N–H and O–H groups in total. The van der Waals surface area contributed by atoms with Gasteiger partial charge in [0.25, 0.3) is 5.56 Å². The molecule has 0 aliphatic carbocycles. The molecular weight excluding hydrogens is 188 g/mol. The van der Waals surface area contributed by atoms with Crippen molar-refractivity contribution in [3.8, 4) is 0 Å². The maximum absolute atomic E-state index is 11.3. The highest BCUT2D eigenvalue weighted by Crippen LogP contribution is 2.15. The Hall–Kier alpha value is -1.48. The standard InChI is InChI=1S/C9H7ClN2O/c10-12-7-1-2-8-6(5-7)3-4-11-9(8)13/h1-5,12H,(H,11,13). The first kappa shape index (κ1) is 8.13. The topological polar surface area (TPSA) is 44.9 Å². The third kappa shape index (κ3) is 1.38. The molecule has 0 saturated carbocycles. The molecule has 0 aliphatic rings. The van der Waals surface area contributed by atoms with E-state index < -0.39 is 0 Å². The molecule has 13 heavy (non-hydrogen) atoms. The molecule has 2 rings (SSSR count). The summed E-state index contributed by atoms with van der Waals surface area (Å²) in [5.41, 5.74) is 0.693. The Labute approximate surface area is 79.5 Å². The zero-order chi connectivity index (χ0) is 9.26. The third-order valence-electron chi connectivity index (χ3n) is 1.88. The molecule has 0 aliphatic heterocycles. The molecule has 0 radical (unpaired) electrons. The van der Waals surface area contributed by atoms with Crippen LogP contribution in [0.1, 0.15) is 0 Å². The Balaban J connectivity index is 2.80. The Bertz CT molecular complexity index is 492. The molecule has 4 heteroatoms. The summed E-state index contributed by atoms with van der Waals surface area (Å²) in [6.07, 6.45) is 1.61. The molecule has 0 bridgehead atoms. The fourth-order valence-corrected chi connectivity index (χ4v) is 1.37. The highest BCUT2D eigenvalue weighted by atomic mass is 35.5. The lowest BCUT2D eigenvalue weighted by Crippen LogP contribution is -2.03. The van der Waals surface area contributed by atoms with E-state index in [4.69, 9.17) is 11.8 Å². The number of fused-ring (bicyclic) bond motifs is 1. The first-order chi connectivity index (χ1) is 6.31. The summed E-state index contributed by atoms with van der Waals surface area (Å²) in [4.78, 5) is 16.4. The van der Waals surface area contributed by atoms with Gasteiger partial charge in [0.2, 0.25) is 0 Å². The second-order valence-electron chi connectivity index (χ2n) is 2.70. The van der Waals surface area contributed by atoms with Gasteiger partial charge in [-0.25, -0.2) is 0 Å². The zero-order valence-electron chi connectivity index (χ0n) is 6.67. The monoisotopic (exact) mass is 194 g/mol. The highest BCUT2D eigenvalue weighted by Gasteiger charge is 1.97. The van der Waals surface area contributed by atoms with Crippen LogP contribution >= 0.6 is 11.8 Å². The van der Waals surface area contributed by atoms with E-state index in [0.29, 0.717) is 5.39 Å². The van der Waals surface area contributed by atoms with Crippen molar-refractivity contribution < 1.29 is 0 Å². The second kappa shape index (κ2) is 3.11. The molecule has 1 heterocycles. The molecule has 66 valence electrons. The zero-order valence-corrected chi connectivity index (χ0v) is 7.43. The summed E-state index contributed by atoms with van der Waals surface area (Å²) in [6, 6.07) is 7.13. The third-order valence-corrected chi connectivity index (χ3v) is 2.10. The van der Waals surface area contributed by atoms with Crippen molar-refractivity contribution in [3.63, 3.8) is 0 Å². The number of anilines is 1. The van der Waals surface area contributed by atoms with Gasteiger partial charge in [-0.1, -0.05) is 0 Å². The number of hydrogen-bond donors (Lipinski definition) is 2. The van der Waals surface area contributed by atoms with Crippen LogP contribution in [0, 0.1) is 0 Å². The largest absolute Gasteiger partial charge is 0.329 e. The number of aromatic amines is 1. The van der Waals surface area contributed by atoms with Gasteiger partial charge in [0.15, 0.2) is 0 Å². The van der Waals surface area contributed by atoms with Crippen LogP contribution in [0.25, 0.3) is 10.8 Å². The first-order valence-electron chi connectivity index (χ1n) is 3.79. The number of aromatic nitrogens is 1. The van der Waals surface area contributed by atoms with Crippen molar-refractivity contribution in [1.82, 2.24) is 4.98 Å². The predicted octanol–water partition coefficient (Wildman–Crippen LogP) is 2.09.